The van der Waals surface area contributed by atoms with Gasteiger partial charge in [-0.25, -0.2) is 0 Å². The molecule has 1 aromatic carbocycles. The second kappa shape index (κ2) is 5.25. The van der Waals surface area contributed by atoms with E-state index < -0.39 is 34.3 Å². The summed E-state index contributed by atoms with van der Waals surface area (Å²) in [7, 11) is 2.78. The Balaban J connectivity index is 1.94. The molecular formula is C22H23NO5. The van der Waals surface area contributed by atoms with Crippen molar-refractivity contribution in [2.45, 2.75) is 37.8 Å². The molecule has 0 radical (unpaired) electrons. The zero-order valence-electron chi connectivity index (χ0n) is 16.4. The van der Waals surface area contributed by atoms with E-state index in [9.17, 15) is 9.59 Å². The fourth-order valence-corrected chi connectivity index (χ4v) is 6.77. The summed E-state index contributed by atoms with van der Waals surface area (Å²) in [6, 6.07) is 8.02. The normalized spacial score (nSPS) is 41.4. The van der Waals surface area contributed by atoms with E-state index in [2.05, 4.69) is 6.07 Å². The van der Waals surface area contributed by atoms with Crippen LogP contribution in [0.25, 0.3) is 0 Å². The van der Waals surface area contributed by atoms with Crippen molar-refractivity contribution >= 4 is 17.7 Å². The van der Waals surface area contributed by atoms with Gasteiger partial charge < -0.3 is 14.2 Å². The van der Waals surface area contributed by atoms with Gasteiger partial charge in [0.2, 0.25) is 0 Å². The fourth-order valence-electron chi connectivity index (χ4n) is 6.77. The molecule has 1 spiro atoms. The second-order valence-electron chi connectivity index (χ2n) is 8.44. The Kier molecular flexibility index (Phi) is 3.27. The van der Waals surface area contributed by atoms with Gasteiger partial charge in [0.05, 0.1) is 31.8 Å². The predicted octanol–water partition coefficient (Wildman–Crippen LogP) is 2.42. The van der Waals surface area contributed by atoms with Gasteiger partial charge >= 0.3 is 11.9 Å². The first kappa shape index (κ1) is 17.5. The molecule has 6 nitrogen and oxygen atoms in total. The van der Waals surface area contributed by atoms with Crippen molar-refractivity contribution < 1.29 is 23.8 Å². The van der Waals surface area contributed by atoms with Crippen molar-refractivity contribution in [1.82, 2.24) is 0 Å². The van der Waals surface area contributed by atoms with E-state index in [0.717, 1.165) is 11.1 Å². The lowest BCUT2D eigenvalue weighted by atomic mass is 9.36. The number of fused-ring (bicyclic) bond motifs is 1. The number of carbonyl (C=O) groups is 2. The molecule has 3 heterocycles. The first-order valence-electron chi connectivity index (χ1n) is 9.52. The Morgan fingerprint density at radius 1 is 1.21 bits per heavy atom. The number of benzene rings is 1. The summed E-state index contributed by atoms with van der Waals surface area (Å²) in [5, 5.41) is 0. The Bertz CT molecular complexity index is 967. The van der Waals surface area contributed by atoms with Crippen LogP contribution in [-0.4, -0.2) is 43.5 Å². The van der Waals surface area contributed by atoms with Crippen LogP contribution >= 0.6 is 0 Å². The van der Waals surface area contributed by atoms with Crippen molar-refractivity contribution in [2.24, 2.45) is 21.7 Å². The van der Waals surface area contributed by atoms with E-state index in [1.54, 1.807) is 6.26 Å². The Labute approximate surface area is 163 Å². The minimum atomic E-state index is -1.11. The number of hydrogen-bond donors (Lipinski definition) is 0. The first-order chi connectivity index (χ1) is 13.4. The molecule has 28 heavy (non-hydrogen) atoms. The molecule has 5 unspecified atom stereocenters. The SMILES string of the molecule is COC(=O)[C@H]1C2c3ccccc3CC34C=COC3C1(C)N=C(C)C24C(=O)OC. The number of esters is 2. The van der Waals surface area contributed by atoms with Crippen LogP contribution in [0.4, 0.5) is 0 Å². The van der Waals surface area contributed by atoms with Gasteiger partial charge in [0.25, 0.3) is 0 Å². The van der Waals surface area contributed by atoms with Gasteiger partial charge in [0.15, 0.2) is 0 Å². The molecule has 0 amide bonds. The van der Waals surface area contributed by atoms with Gasteiger partial charge in [-0.15, -0.1) is 0 Å². The average Bonchev–Trinajstić information content (AvgIpc) is 3.12. The summed E-state index contributed by atoms with van der Waals surface area (Å²) < 4.78 is 16.7. The summed E-state index contributed by atoms with van der Waals surface area (Å²) in [4.78, 5) is 31.5. The van der Waals surface area contributed by atoms with E-state index >= 15 is 0 Å². The molecule has 1 aromatic rings. The smallest absolute Gasteiger partial charge is 0.319 e. The lowest BCUT2D eigenvalue weighted by Gasteiger charge is -2.67. The van der Waals surface area contributed by atoms with Crippen LogP contribution in [0.1, 0.15) is 30.9 Å². The van der Waals surface area contributed by atoms with Crippen molar-refractivity contribution in [3.63, 3.8) is 0 Å². The minimum Gasteiger partial charge on any atom is -0.495 e. The number of methoxy groups -OCH3 is 2. The molecule has 6 atom stereocenters. The molecule has 5 aliphatic rings. The molecule has 146 valence electrons. The summed E-state index contributed by atoms with van der Waals surface area (Å²) in [5.41, 5.74) is 0.224. The van der Waals surface area contributed by atoms with Gasteiger partial charge in [-0.1, -0.05) is 24.3 Å². The number of nitrogens with zero attached hydrogens (tertiary/aromatic N) is 1. The molecule has 3 aliphatic heterocycles. The van der Waals surface area contributed by atoms with Crippen molar-refractivity contribution in [3.8, 4) is 0 Å². The standard InChI is InChI=1S/C22H23NO5/c1-12-22(19(25)27-4)15-14-8-6-5-7-13(14)11-21(22)9-10-28-18(21)20(2,23-12)16(15)17(24)26-3/h5-10,15-16,18H,11H2,1-4H3/t15?,16-,18?,20?,21?,22?/m1/s1. The maximum atomic E-state index is 13.5. The summed E-state index contributed by atoms with van der Waals surface area (Å²) in [6.45, 7) is 3.83. The Hall–Kier alpha value is -2.63. The molecule has 1 fully saturated rings. The number of carbonyl (C=O) groups excluding carboxylic acids is 2. The third-order valence-corrected chi connectivity index (χ3v) is 7.56. The monoisotopic (exact) mass is 381 g/mol. The molecule has 0 saturated heterocycles. The van der Waals surface area contributed by atoms with Crippen LogP contribution in [0.3, 0.4) is 0 Å². The maximum Gasteiger partial charge on any atom is 0.319 e. The summed E-state index contributed by atoms with van der Waals surface area (Å²) in [5.74, 6) is -1.83. The van der Waals surface area contributed by atoms with Crippen LogP contribution in [0.5, 0.6) is 0 Å². The van der Waals surface area contributed by atoms with Gasteiger partial charge in [0, 0.05) is 11.6 Å². The highest BCUT2D eigenvalue weighted by Crippen LogP contribution is 2.73. The fraction of sp³-hybridized carbons (Fsp3) is 0.500. The van der Waals surface area contributed by atoms with E-state index in [1.807, 2.05) is 38.1 Å². The average molecular weight is 381 g/mol. The molecule has 6 heteroatoms. The van der Waals surface area contributed by atoms with Crippen LogP contribution in [-0.2, 0) is 30.2 Å². The Morgan fingerprint density at radius 3 is 2.68 bits per heavy atom. The number of ether oxygens (including phenoxy) is 3. The molecular weight excluding hydrogens is 358 g/mol. The highest BCUT2D eigenvalue weighted by atomic mass is 16.5. The quantitative estimate of drug-likeness (QED) is 0.736. The lowest BCUT2D eigenvalue weighted by Crippen LogP contribution is -2.78. The summed E-state index contributed by atoms with van der Waals surface area (Å²) in [6.07, 6.45) is 3.85. The molecule has 0 N–H and O–H groups in total. The highest BCUT2D eigenvalue weighted by molar-refractivity contribution is 6.11. The molecule has 0 aromatic heterocycles. The van der Waals surface area contributed by atoms with Gasteiger partial charge in [-0.3, -0.25) is 14.6 Å². The van der Waals surface area contributed by atoms with E-state index in [4.69, 9.17) is 19.2 Å². The minimum absolute atomic E-state index is 0.371. The highest BCUT2D eigenvalue weighted by Gasteiger charge is 2.82. The van der Waals surface area contributed by atoms with Crippen molar-refractivity contribution in [1.29, 1.82) is 0 Å². The van der Waals surface area contributed by atoms with E-state index in [1.165, 1.54) is 14.2 Å². The molecule has 4 bridgehead atoms. The van der Waals surface area contributed by atoms with Gasteiger partial charge in [-0.2, -0.15) is 0 Å². The third kappa shape index (κ3) is 1.57. The van der Waals surface area contributed by atoms with Crippen LogP contribution < -0.4 is 0 Å². The zero-order valence-corrected chi connectivity index (χ0v) is 16.4. The molecule has 1 saturated carbocycles. The maximum absolute atomic E-state index is 13.5. The van der Waals surface area contributed by atoms with Crippen LogP contribution in [0.2, 0.25) is 0 Å². The van der Waals surface area contributed by atoms with Gasteiger partial charge in [0.1, 0.15) is 17.1 Å². The first-order valence-corrected chi connectivity index (χ1v) is 9.52. The predicted molar refractivity (Wildman–Crippen MR) is 101 cm³/mol. The van der Waals surface area contributed by atoms with Crippen molar-refractivity contribution in [2.75, 3.05) is 14.2 Å². The molecule has 2 aliphatic carbocycles. The number of rotatable bonds is 2. The lowest BCUT2D eigenvalue weighted by molar-refractivity contribution is -0.190. The number of hydrogen-bond acceptors (Lipinski definition) is 6. The van der Waals surface area contributed by atoms with Gasteiger partial charge in [-0.05, 0) is 37.5 Å². The summed E-state index contributed by atoms with van der Waals surface area (Å²) >= 11 is 0. The third-order valence-electron chi connectivity index (χ3n) is 7.56. The van der Waals surface area contributed by atoms with E-state index in [0.29, 0.717) is 12.1 Å². The van der Waals surface area contributed by atoms with Crippen LogP contribution in [0.15, 0.2) is 41.6 Å². The second-order valence-corrected chi connectivity index (χ2v) is 8.44. The largest absolute Gasteiger partial charge is 0.495 e. The zero-order chi connectivity index (χ0) is 19.9. The van der Waals surface area contributed by atoms with Crippen LogP contribution in [0, 0.1) is 16.7 Å². The number of aliphatic imine (C=N–C) groups is 1. The van der Waals surface area contributed by atoms with E-state index in [-0.39, 0.29) is 11.9 Å². The Morgan fingerprint density at radius 2 is 1.96 bits per heavy atom. The van der Waals surface area contributed by atoms with Crippen molar-refractivity contribution in [3.05, 3.63) is 47.7 Å². The molecule has 6 rings (SSSR count). The topological polar surface area (TPSA) is 74.2 Å².